The Morgan fingerprint density at radius 3 is 2.30 bits per heavy atom. The lowest BCUT2D eigenvalue weighted by atomic mass is 10.3. The molecule has 0 fully saturated rings. The van der Waals surface area contributed by atoms with Gasteiger partial charge in [-0.1, -0.05) is 28.9 Å². The largest absolute Gasteiger partial charge is 0.0973 e. The van der Waals surface area contributed by atoms with Gasteiger partial charge in [0.2, 0.25) is 0 Å². The van der Waals surface area contributed by atoms with Crippen LogP contribution in [0.3, 0.4) is 0 Å². The Bertz CT molecular complexity index is 141. The van der Waals surface area contributed by atoms with Crippen LogP contribution in [0.25, 0.3) is 0 Å². The Kier molecular flexibility index (Phi) is 5.18. The molecule has 0 bridgehead atoms. The zero-order chi connectivity index (χ0) is 8.15. The summed E-state index contributed by atoms with van der Waals surface area (Å²) < 4.78 is 0. The van der Waals surface area contributed by atoms with E-state index in [1.807, 2.05) is 0 Å². The van der Waals surface area contributed by atoms with Gasteiger partial charge in [-0.25, -0.2) is 0 Å². The maximum absolute atomic E-state index is 5.24. The van der Waals surface area contributed by atoms with E-state index in [9.17, 15) is 0 Å². The first-order chi connectivity index (χ1) is 4.52. The van der Waals surface area contributed by atoms with Crippen LogP contribution in [0.15, 0.2) is 11.0 Å². The second-order valence-corrected chi connectivity index (χ2v) is 5.75. The molecular formula is C8H16S2. The summed E-state index contributed by atoms with van der Waals surface area (Å²) in [5.74, 6) is 1.89. The predicted molar refractivity (Wildman–Crippen MR) is 53.9 cm³/mol. The summed E-state index contributed by atoms with van der Waals surface area (Å²) >= 11 is 5.24. The highest BCUT2D eigenvalue weighted by molar-refractivity contribution is 8.30. The molecule has 0 rings (SSSR count). The summed E-state index contributed by atoms with van der Waals surface area (Å²) in [6, 6.07) is 0. The van der Waals surface area contributed by atoms with Crippen LogP contribution in [-0.2, 0) is 20.6 Å². The van der Waals surface area contributed by atoms with E-state index in [1.54, 1.807) is 0 Å². The van der Waals surface area contributed by atoms with Gasteiger partial charge in [-0.3, -0.25) is 0 Å². The van der Waals surface area contributed by atoms with Crippen LogP contribution in [0.2, 0.25) is 0 Å². The first kappa shape index (κ1) is 10.3. The lowest BCUT2D eigenvalue weighted by Crippen LogP contribution is -2.00. The Morgan fingerprint density at radius 2 is 2.00 bits per heavy atom. The summed E-state index contributed by atoms with van der Waals surface area (Å²) in [5, 5.41) is 2.19. The molecule has 0 saturated carbocycles. The van der Waals surface area contributed by atoms with Gasteiger partial charge in [0.25, 0.3) is 0 Å². The highest BCUT2D eigenvalue weighted by Crippen LogP contribution is 2.00. The van der Waals surface area contributed by atoms with Gasteiger partial charge in [-0.05, 0) is 36.4 Å². The van der Waals surface area contributed by atoms with E-state index in [2.05, 4.69) is 33.1 Å². The van der Waals surface area contributed by atoms with E-state index < -0.39 is 0 Å². The summed E-state index contributed by atoms with van der Waals surface area (Å²) in [6.45, 7) is 8.63. The molecule has 0 heterocycles. The van der Waals surface area contributed by atoms with E-state index in [1.165, 1.54) is 5.57 Å². The molecule has 0 spiro atoms. The first-order valence-electron chi connectivity index (χ1n) is 3.54. The monoisotopic (exact) mass is 176 g/mol. The van der Waals surface area contributed by atoms with Crippen molar-refractivity contribution in [1.82, 2.24) is 0 Å². The second-order valence-electron chi connectivity index (χ2n) is 3.14. The number of rotatable bonds is 3. The van der Waals surface area contributed by atoms with Crippen LogP contribution >= 0.6 is 0 Å². The zero-order valence-corrected chi connectivity index (χ0v) is 8.81. The lowest BCUT2D eigenvalue weighted by molar-refractivity contribution is 0.750. The van der Waals surface area contributed by atoms with Crippen LogP contribution in [0.4, 0.5) is 0 Å². The van der Waals surface area contributed by atoms with Gasteiger partial charge >= 0.3 is 0 Å². The Morgan fingerprint density at radius 1 is 1.50 bits per heavy atom. The quantitative estimate of drug-likeness (QED) is 0.637. The molecule has 0 nitrogen and oxygen atoms in total. The Labute approximate surface area is 71.3 Å². The van der Waals surface area contributed by atoms with E-state index in [0.717, 1.165) is 11.7 Å². The molecule has 0 aromatic rings. The third-order valence-electron chi connectivity index (χ3n) is 0.865. The molecule has 1 atom stereocenters. The van der Waals surface area contributed by atoms with E-state index >= 15 is 0 Å². The van der Waals surface area contributed by atoms with Gasteiger partial charge in [-0.15, -0.1) is 0 Å². The van der Waals surface area contributed by atoms with Crippen molar-refractivity contribution in [2.45, 2.75) is 27.7 Å². The maximum Gasteiger partial charge on any atom is 0.00413 e. The van der Waals surface area contributed by atoms with Crippen molar-refractivity contribution < 1.29 is 0 Å². The molecule has 1 unspecified atom stereocenters. The fourth-order valence-corrected chi connectivity index (χ4v) is 3.31. The molecule has 0 aliphatic carbocycles. The molecule has 0 aromatic carbocycles. The molecule has 0 N–H and O–H groups in total. The van der Waals surface area contributed by atoms with Gasteiger partial charge in [0, 0.05) is 5.75 Å². The minimum absolute atomic E-state index is 0.0910. The molecule has 2 heteroatoms. The van der Waals surface area contributed by atoms with Gasteiger partial charge < -0.3 is 0 Å². The van der Waals surface area contributed by atoms with Gasteiger partial charge in [0.05, 0.1) is 0 Å². The van der Waals surface area contributed by atoms with E-state index in [4.69, 9.17) is 11.2 Å². The maximum atomic E-state index is 5.24. The smallest absolute Gasteiger partial charge is 0.00413 e. The molecule has 60 valence electrons. The third-order valence-corrected chi connectivity index (χ3v) is 3.29. The highest BCUT2D eigenvalue weighted by atomic mass is 32.8. The minimum atomic E-state index is 0.0910. The van der Waals surface area contributed by atoms with E-state index in [-0.39, 0.29) is 9.45 Å². The first-order valence-corrected chi connectivity index (χ1v) is 5.92. The summed E-state index contributed by atoms with van der Waals surface area (Å²) in [7, 11) is 0.0910. The van der Waals surface area contributed by atoms with Crippen LogP contribution in [0.1, 0.15) is 27.7 Å². The average Bonchev–Trinajstić information content (AvgIpc) is 1.58. The van der Waals surface area contributed by atoms with Gasteiger partial charge in [-0.2, -0.15) is 0 Å². The SMILES string of the molecule is CC(C)=CS(=S)CC(C)C. The fourth-order valence-electron chi connectivity index (χ4n) is 0.640. The molecule has 0 aromatic heterocycles. The van der Waals surface area contributed by atoms with Gasteiger partial charge in [0.1, 0.15) is 0 Å². The Balaban J connectivity index is 3.76. The third kappa shape index (κ3) is 6.43. The van der Waals surface area contributed by atoms with Crippen molar-refractivity contribution in [2.75, 3.05) is 5.75 Å². The normalized spacial score (nSPS) is 13.3. The fraction of sp³-hybridized carbons (Fsp3) is 0.750. The molecule has 0 saturated heterocycles. The lowest BCUT2D eigenvalue weighted by Gasteiger charge is -2.03. The summed E-state index contributed by atoms with van der Waals surface area (Å²) in [6.07, 6.45) is 0. The Hall–Kier alpha value is 0.310. The average molecular weight is 176 g/mol. The van der Waals surface area contributed by atoms with Gasteiger partial charge in [0.15, 0.2) is 0 Å². The second kappa shape index (κ2) is 5.03. The zero-order valence-electron chi connectivity index (χ0n) is 7.18. The molecular weight excluding hydrogens is 160 g/mol. The standard InChI is InChI=1S/C8H16S2/c1-7(2)5-10(9)6-8(3)4/h5,8H,6H2,1-4H3. The number of hydrogen-bond acceptors (Lipinski definition) is 1. The molecule has 0 aliphatic heterocycles. The predicted octanol–water partition coefficient (Wildman–Crippen LogP) is 2.65. The van der Waals surface area contributed by atoms with Crippen LogP contribution < -0.4 is 0 Å². The van der Waals surface area contributed by atoms with Crippen molar-refractivity contribution in [3.05, 3.63) is 11.0 Å². The van der Waals surface area contributed by atoms with Crippen LogP contribution in [-0.4, -0.2) is 5.75 Å². The van der Waals surface area contributed by atoms with Crippen LogP contribution in [0, 0.1) is 5.92 Å². The number of allylic oxidation sites excluding steroid dienone is 1. The molecule has 10 heavy (non-hydrogen) atoms. The van der Waals surface area contributed by atoms with E-state index in [0.29, 0.717) is 0 Å². The minimum Gasteiger partial charge on any atom is -0.0973 e. The van der Waals surface area contributed by atoms with Crippen molar-refractivity contribution >= 4 is 20.6 Å². The molecule has 0 amide bonds. The molecule has 0 radical (unpaired) electrons. The number of hydrogen-bond donors (Lipinski definition) is 0. The summed E-state index contributed by atoms with van der Waals surface area (Å²) in [4.78, 5) is 0. The van der Waals surface area contributed by atoms with Crippen molar-refractivity contribution in [3.8, 4) is 0 Å². The summed E-state index contributed by atoms with van der Waals surface area (Å²) in [5.41, 5.74) is 1.35. The topological polar surface area (TPSA) is 0 Å². The molecule has 0 aliphatic rings. The van der Waals surface area contributed by atoms with Crippen molar-refractivity contribution in [2.24, 2.45) is 5.92 Å². The van der Waals surface area contributed by atoms with Crippen LogP contribution in [0.5, 0.6) is 0 Å². The highest BCUT2D eigenvalue weighted by Gasteiger charge is 1.94. The van der Waals surface area contributed by atoms with Crippen molar-refractivity contribution in [1.29, 1.82) is 0 Å². The van der Waals surface area contributed by atoms with Crippen molar-refractivity contribution in [3.63, 3.8) is 0 Å².